The molecule has 1 fully saturated rings. The van der Waals surface area contributed by atoms with Crippen LogP contribution < -0.4 is 14.8 Å². The van der Waals surface area contributed by atoms with Crippen LogP contribution in [0.2, 0.25) is 0 Å². The highest BCUT2D eigenvalue weighted by atomic mass is 32.2. The Hall–Kier alpha value is -2.62. The van der Waals surface area contributed by atoms with Gasteiger partial charge in [0.1, 0.15) is 11.5 Å². The molecule has 1 aliphatic rings. The summed E-state index contributed by atoms with van der Waals surface area (Å²) in [4.78, 5) is 12.5. The zero-order valence-corrected chi connectivity index (χ0v) is 18.8. The van der Waals surface area contributed by atoms with Crippen molar-refractivity contribution in [3.8, 4) is 11.5 Å². The summed E-state index contributed by atoms with van der Waals surface area (Å²) in [5.41, 5.74) is 2.44. The second-order valence-electron chi connectivity index (χ2n) is 7.29. The molecule has 9 heteroatoms. The van der Waals surface area contributed by atoms with E-state index in [0.717, 1.165) is 16.9 Å². The molecule has 0 aliphatic carbocycles. The molecular formula is C22H28N2O6S. The Labute approximate surface area is 183 Å². The number of methoxy groups -OCH3 is 1. The van der Waals surface area contributed by atoms with Crippen molar-refractivity contribution in [2.45, 2.75) is 25.2 Å². The Morgan fingerprint density at radius 1 is 1.10 bits per heavy atom. The molecule has 0 unspecified atom stereocenters. The molecule has 2 aromatic rings. The Kier molecular flexibility index (Phi) is 7.53. The van der Waals surface area contributed by atoms with Crippen LogP contribution in [0, 0.1) is 13.8 Å². The number of amides is 1. The largest absolute Gasteiger partial charge is 0.495 e. The fourth-order valence-electron chi connectivity index (χ4n) is 3.31. The highest BCUT2D eigenvalue weighted by Gasteiger charge is 2.27. The lowest BCUT2D eigenvalue weighted by molar-refractivity contribution is -0.116. The summed E-state index contributed by atoms with van der Waals surface area (Å²) in [6.07, 6.45) is 0.108. The van der Waals surface area contributed by atoms with Gasteiger partial charge in [0.05, 0.1) is 43.9 Å². The summed E-state index contributed by atoms with van der Waals surface area (Å²) >= 11 is 0. The maximum atomic E-state index is 12.9. The third-order valence-corrected chi connectivity index (χ3v) is 6.86. The minimum atomic E-state index is -3.68. The normalized spacial score (nSPS) is 14.8. The second kappa shape index (κ2) is 10.1. The highest BCUT2D eigenvalue weighted by Crippen LogP contribution is 2.29. The quantitative estimate of drug-likeness (QED) is 0.667. The Morgan fingerprint density at radius 3 is 2.48 bits per heavy atom. The minimum Gasteiger partial charge on any atom is -0.495 e. The fourth-order valence-corrected chi connectivity index (χ4v) is 4.74. The molecule has 2 aromatic carbocycles. The number of sulfonamides is 1. The van der Waals surface area contributed by atoms with Crippen molar-refractivity contribution in [3.05, 3.63) is 47.5 Å². The van der Waals surface area contributed by atoms with E-state index in [1.807, 2.05) is 32.0 Å². The monoisotopic (exact) mass is 448 g/mol. The first-order valence-electron chi connectivity index (χ1n) is 10.1. The maximum Gasteiger partial charge on any atom is 0.243 e. The zero-order chi connectivity index (χ0) is 22.4. The first-order chi connectivity index (χ1) is 14.8. The van der Waals surface area contributed by atoms with E-state index in [1.165, 1.54) is 29.6 Å². The van der Waals surface area contributed by atoms with Crippen LogP contribution in [0.3, 0.4) is 0 Å². The highest BCUT2D eigenvalue weighted by molar-refractivity contribution is 7.89. The van der Waals surface area contributed by atoms with Gasteiger partial charge in [-0.05, 0) is 43.7 Å². The molecule has 1 heterocycles. The molecule has 1 saturated heterocycles. The third kappa shape index (κ3) is 5.75. The van der Waals surface area contributed by atoms with Crippen LogP contribution in [-0.4, -0.2) is 58.7 Å². The number of anilines is 1. The van der Waals surface area contributed by atoms with E-state index >= 15 is 0 Å². The van der Waals surface area contributed by atoms with E-state index in [1.54, 1.807) is 0 Å². The summed E-state index contributed by atoms with van der Waals surface area (Å²) in [6.45, 7) is 5.47. The first kappa shape index (κ1) is 23.1. The number of aryl methyl sites for hydroxylation is 2. The van der Waals surface area contributed by atoms with Crippen molar-refractivity contribution in [1.82, 2.24) is 4.31 Å². The van der Waals surface area contributed by atoms with Crippen LogP contribution in [0.1, 0.15) is 17.5 Å². The van der Waals surface area contributed by atoms with Gasteiger partial charge in [-0.15, -0.1) is 0 Å². The molecule has 8 nitrogen and oxygen atoms in total. The molecule has 0 aromatic heterocycles. The molecule has 0 spiro atoms. The van der Waals surface area contributed by atoms with Crippen molar-refractivity contribution < 1.29 is 27.4 Å². The molecule has 3 rings (SSSR count). The van der Waals surface area contributed by atoms with Gasteiger partial charge in [0.2, 0.25) is 15.9 Å². The summed E-state index contributed by atoms with van der Waals surface area (Å²) < 4.78 is 43.4. The SMILES string of the molecule is COc1ccc(S(=O)(=O)N2CCOCC2)cc1NC(=O)CCOc1ccc(C)cc1C. The average molecular weight is 449 g/mol. The summed E-state index contributed by atoms with van der Waals surface area (Å²) in [7, 11) is -2.22. The van der Waals surface area contributed by atoms with Crippen LogP contribution in [-0.2, 0) is 19.6 Å². The van der Waals surface area contributed by atoms with Gasteiger partial charge in [-0.2, -0.15) is 4.31 Å². The molecule has 1 N–H and O–H groups in total. The second-order valence-corrected chi connectivity index (χ2v) is 9.23. The maximum absolute atomic E-state index is 12.9. The van der Waals surface area contributed by atoms with Crippen LogP contribution >= 0.6 is 0 Å². The number of nitrogens with one attached hydrogen (secondary N) is 1. The third-order valence-electron chi connectivity index (χ3n) is 4.97. The standard InChI is InChI=1S/C22H28N2O6S/c1-16-4-6-20(17(2)14-16)30-11-8-22(25)23-19-15-18(5-7-21(19)28-3)31(26,27)24-9-12-29-13-10-24/h4-7,14-15H,8-13H2,1-3H3,(H,23,25). The fraction of sp³-hybridized carbons (Fsp3) is 0.409. The Balaban J connectivity index is 1.66. The predicted octanol–water partition coefficient (Wildman–Crippen LogP) is 2.74. The zero-order valence-electron chi connectivity index (χ0n) is 18.0. The molecule has 168 valence electrons. The molecule has 1 amide bonds. The Morgan fingerprint density at radius 2 is 1.81 bits per heavy atom. The van der Waals surface area contributed by atoms with Gasteiger partial charge in [0.15, 0.2) is 0 Å². The number of morpholine rings is 1. The number of carbonyl (C=O) groups is 1. The average Bonchev–Trinajstić information content (AvgIpc) is 2.76. The molecule has 0 saturated carbocycles. The predicted molar refractivity (Wildman–Crippen MR) is 117 cm³/mol. The number of carbonyl (C=O) groups excluding carboxylic acids is 1. The van der Waals surface area contributed by atoms with Crippen molar-refractivity contribution in [2.24, 2.45) is 0 Å². The summed E-state index contributed by atoms with van der Waals surface area (Å²) in [6, 6.07) is 10.3. The van der Waals surface area contributed by atoms with Crippen LogP contribution in [0.15, 0.2) is 41.3 Å². The van der Waals surface area contributed by atoms with Crippen molar-refractivity contribution >= 4 is 21.6 Å². The number of nitrogens with zero attached hydrogens (tertiary/aromatic N) is 1. The molecule has 1 aliphatic heterocycles. The van der Waals surface area contributed by atoms with Gasteiger partial charge in [0, 0.05) is 13.1 Å². The lowest BCUT2D eigenvalue weighted by Gasteiger charge is -2.26. The Bertz CT molecular complexity index is 1030. The first-order valence-corrected chi connectivity index (χ1v) is 11.5. The van der Waals surface area contributed by atoms with Gasteiger partial charge >= 0.3 is 0 Å². The molecule has 0 atom stereocenters. The van der Waals surface area contributed by atoms with Gasteiger partial charge in [-0.1, -0.05) is 17.7 Å². The van der Waals surface area contributed by atoms with E-state index in [-0.39, 0.29) is 23.8 Å². The number of benzene rings is 2. The molecule has 0 bridgehead atoms. The molecule has 31 heavy (non-hydrogen) atoms. The number of ether oxygens (including phenoxy) is 3. The van der Waals surface area contributed by atoms with Gasteiger partial charge < -0.3 is 19.5 Å². The van der Waals surface area contributed by atoms with Gasteiger partial charge in [-0.3, -0.25) is 4.79 Å². The van der Waals surface area contributed by atoms with E-state index < -0.39 is 10.0 Å². The number of hydrogen-bond acceptors (Lipinski definition) is 6. The van der Waals surface area contributed by atoms with E-state index in [0.29, 0.717) is 37.7 Å². The molecular weight excluding hydrogens is 420 g/mol. The van der Waals surface area contributed by atoms with Gasteiger partial charge in [-0.25, -0.2) is 8.42 Å². The van der Waals surface area contributed by atoms with Crippen LogP contribution in [0.5, 0.6) is 11.5 Å². The van der Waals surface area contributed by atoms with Crippen molar-refractivity contribution in [3.63, 3.8) is 0 Å². The number of hydrogen-bond donors (Lipinski definition) is 1. The minimum absolute atomic E-state index is 0.0945. The van der Waals surface area contributed by atoms with Crippen molar-refractivity contribution in [1.29, 1.82) is 0 Å². The lowest BCUT2D eigenvalue weighted by atomic mass is 10.1. The summed E-state index contributed by atoms with van der Waals surface area (Å²) in [5.74, 6) is 0.808. The lowest BCUT2D eigenvalue weighted by Crippen LogP contribution is -2.40. The summed E-state index contributed by atoms with van der Waals surface area (Å²) in [5, 5.41) is 2.74. The smallest absolute Gasteiger partial charge is 0.243 e. The van der Waals surface area contributed by atoms with Gasteiger partial charge in [0.25, 0.3) is 0 Å². The van der Waals surface area contributed by atoms with Crippen LogP contribution in [0.4, 0.5) is 5.69 Å². The van der Waals surface area contributed by atoms with E-state index in [9.17, 15) is 13.2 Å². The van der Waals surface area contributed by atoms with Crippen molar-refractivity contribution in [2.75, 3.05) is 45.3 Å². The van der Waals surface area contributed by atoms with E-state index in [2.05, 4.69) is 5.32 Å². The van der Waals surface area contributed by atoms with E-state index in [4.69, 9.17) is 14.2 Å². The number of rotatable bonds is 8. The molecule has 0 radical (unpaired) electrons. The van der Waals surface area contributed by atoms with Crippen LogP contribution in [0.25, 0.3) is 0 Å². The topological polar surface area (TPSA) is 94.2 Å².